The van der Waals surface area contributed by atoms with E-state index in [0.717, 1.165) is 0 Å². The minimum atomic E-state index is -0.0859. The summed E-state index contributed by atoms with van der Waals surface area (Å²) in [5.74, 6) is 0. The van der Waals surface area contributed by atoms with E-state index in [4.69, 9.17) is 0 Å². The predicted octanol–water partition coefficient (Wildman–Crippen LogP) is 14.2. The van der Waals surface area contributed by atoms with Crippen molar-refractivity contribution in [3.05, 3.63) is 193 Å². The van der Waals surface area contributed by atoms with Crippen molar-refractivity contribution < 1.29 is 0 Å². The summed E-state index contributed by atoms with van der Waals surface area (Å²) in [6.45, 7) is 4.75. The van der Waals surface area contributed by atoms with Crippen LogP contribution in [0, 0.1) is 0 Å². The quantitative estimate of drug-likeness (QED) is 0.174. The van der Waals surface area contributed by atoms with Gasteiger partial charge in [0.2, 0.25) is 0 Å². The predicted molar refractivity (Wildman–Crippen MR) is 233 cm³/mol. The summed E-state index contributed by atoms with van der Waals surface area (Å²) in [6, 6.07) is 67.8. The monoisotopic (exact) mass is 700 g/mol. The molecule has 0 atom stereocenters. The summed E-state index contributed by atoms with van der Waals surface area (Å²) >= 11 is 0. The van der Waals surface area contributed by atoms with Crippen LogP contribution in [0.15, 0.2) is 182 Å². The Morgan fingerprint density at radius 2 is 0.836 bits per heavy atom. The summed E-state index contributed by atoms with van der Waals surface area (Å²) in [4.78, 5) is 0. The normalized spacial score (nSPS) is 13.4. The van der Waals surface area contributed by atoms with Gasteiger partial charge >= 0.3 is 0 Å². The summed E-state index contributed by atoms with van der Waals surface area (Å²) in [5, 5.41) is 10.1. The average molecular weight is 701 g/mol. The average Bonchev–Trinajstić information content (AvgIpc) is 3.82. The molecule has 55 heavy (non-hydrogen) atoms. The SMILES string of the molecule is CC1(C)c2ccccc2-c2cc3c4cc(-c5ccc6c(c5)c5ccccc5n6-c5ccc6ccccc6c5)ccc4n(-c4ccc5ccccc5c4)c3cc21. The zero-order valence-electron chi connectivity index (χ0n) is 30.7. The summed E-state index contributed by atoms with van der Waals surface area (Å²) in [7, 11) is 0. The second-order valence-electron chi connectivity index (χ2n) is 15.8. The third-order valence-electron chi connectivity index (χ3n) is 12.5. The maximum absolute atomic E-state index is 2.49. The van der Waals surface area contributed by atoms with Crippen molar-refractivity contribution in [3.8, 4) is 33.6 Å². The van der Waals surface area contributed by atoms with Gasteiger partial charge in [0.1, 0.15) is 0 Å². The molecule has 9 aromatic carbocycles. The van der Waals surface area contributed by atoms with Crippen LogP contribution in [0.5, 0.6) is 0 Å². The van der Waals surface area contributed by atoms with E-state index in [1.165, 1.54) is 110 Å². The van der Waals surface area contributed by atoms with Gasteiger partial charge in [0.15, 0.2) is 0 Å². The van der Waals surface area contributed by atoms with Crippen molar-refractivity contribution in [2.24, 2.45) is 0 Å². The topological polar surface area (TPSA) is 9.86 Å². The number of hydrogen-bond donors (Lipinski definition) is 0. The third kappa shape index (κ3) is 4.31. The zero-order valence-corrected chi connectivity index (χ0v) is 30.7. The lowest BCUT2D eigenvalue weighted by Crippen LogP contribution is -2.14. The van der Waals surface area contributed by atoms with E-state index < -0.39 is 0 Å². The fourth-order valence-corrected chi connectivity index (χ4v) is 9.73. The van der Waals surface area contributed by atoms with Crippen LogP contribution in [0.4, 0.5) is 0 Å². The van der Waals surface area contributed by atoms with E-state index in [2.05, 4.69) is 205 Å². The van der Waals surface area contributed by atoms with Gasteiger partial charge in [0.05, 0.1) is 22.1 Å². The summed E-state index contributed by atoms with van der Waals surface area (Å²) in [5.41, 5.74) is 15.1. The smallest absolute Gasteiger partial charge is 0.0544 e. The molecule has 0 radical (unpaired) electrons. The molecule has 2 heterocycles. The fraction of sp³-hybridized carbons (Fsp3) is 0.0566. The summed E-state index contributed by atoms with van der Waals surface area (Å²) < 4.78 is 4.90. The molecule has 0 saturated heterocycles. The highest BCUT2D eigenvalue weighted by Crippen LogP contribution is 2.51. The molecule has 0 fully saturated rings. The first-order valence-electron chi connectivity index (χ1n) is 19.3. The Balaban J connectivity index is 1.09. The molecule has 2 aromatic heterocycles. The molecule has 0 aliphatic heterocycles. The van der Waals surface area contributed by atoms with Gasteiger partial charge in [0, 0.05) is 38.3 Å². The van der Waals surface area contributed by atoms with Gasteiger partial charge in [-0.05, 0) is 122 Å². The molecule has 11 aromatic rings. The number of aromatic nitrogens is 2. The number of rotatable bonds is 3. The lowest BCUT2D eigenvalue weighted by atomic mass is 9.82. The molecular formula is C53H36N2. The van der Waals surface area contributed by atoms with Gasteiger partial charge in [-0.25, -0.2) is 0 Å². The number of benzene rings is 9. The molecule has 0 saturated carbocycles. The maximum atomic E-state index is 2.49. The molecule has 0 unspecified atom stereocenters. The van der Waals surface area contributed by atoms with Crippen LogP contribution < -0.4 is 0 Å². The van der Waals surface area contributed by atoms with Crippen molar-refractivity contribution in [3.63, 3.8) is 0 Å². The molecule has 0 N–H and O–H groups in total. The van der Waals surface area contributed by atoms with Crippen LogP contribution in [0.25, 0.3) is 98.8 Å². The number of hydrogen-bond acceptors (Lipinski definition) is 0. The standard InChI is InChI=1S/C53H36N2/c1-53(2)47-17-9-7-15-41(47)43-31-46-45-30-38(22-26-51(45)55(52(46)32-48(43)53)40-24-20-34-12-4-6-14-36(34)28-40)37-21-25-50-44(29-37)42-16-8-10-18-49(42)54(50)39-23-19-33-11-3-5-13-35(33)27-39/h3-32H,1-2H3. The largest absolute Gasteiger partial charge is 0.309 e. The Bertz CT molecular complexity index is 3410. The molecule has 2 nitrogen and oxygen atoms in total. The van der Waals surface area contributed by atoms with Crippen LogP contribution in [-0.4, -0.2) is 9.13 Å². The van der Waals surface area contributed by atoms with Crippen LogP contribution in [0.2, 0.25) is 0 Å². The first kappa shape index (κ1) is 30.6. The van der Waals surface area contributed by atoms with E-state index in [-0.39, 0.29) is 5.41 Å². The first-order valence-corrected chi connectivity index (χ1v) is 19.3. The minimum Gasteiger partial charge on any atom is -0.309 e. The molecule has 0 spiro atoms. The fourth-order valence-electron chi connectivity index (χ4n) is 9.73. The number of fused-ring (bicyclic) bond motifs is 11. The molecule has 1 aliphatic carbocycles. The molecular weight excluding hydrogens is 665 g/mol. The van der Waals surface area contributed by atoms with Crippen molar-refractivity contribution in [1.29, 1.82) is 0 Å². The maximum Gasteiger partial charge on any atom is 0.0544 e. The molecule has 0 bridgehead atoms. The van der Waals surface area contributed by atoms with E-state index in [0.29, 0.717) is 0 Å². The van der Waals surface area contributed by atoms with E-state index in [1.807, 2.05) is 0 Å². The van der Waals surface area contributed by atoms with Crippen LogP contribution in [0.3, 0.4) is 0 Å². The van der Waals surface area contributed by atoms with Crippen molar-refractivity contribution in [2.75, 3.05) is 0 Å². The van der Waals surface area contributed by atoms with E-state index in [1.54, 1.807) is 0 Å². The van der Waals surface area contributed by atoms with Crippen LogP contribution >= 0.6 is 0 Å². The third-order valence-corrected chi connectivity index (χ3v) is 12.5. The van der Waals surface area contributed by atoms with E-state index in [9.17, 15) is 0 Å². The summed E-state index contributed by atoms with van der Waals surface area (Å²) in [6.07, 6.45) is 0. The number of para-hydroxylation sites is 1. The molecule has 0 amide bonds. The Morgan fingerprint density at radius 3 is 1.51 bits per heavy atom. The molecule has 2 heteroatoms. The Kier molecular flexibility index (Phi) is 6.15. The Hall–Kier alpha value is -6.90. The Labute approximate surface area is 319 Å². The van der Waals surface area contributed by atoms with Crippen LogP contribution in [-0.2, 0) is 5.41 Å². The lowest BCUT2D eigenvalue weighted by Gasteiger charge is -2.21. The van der Waals surface area contributed by atoms with Gasteiger partial charge in [-0.15, -0.1) is 0 Å². The van der Waals surface area contributed by atoms with Gasteiger partial charge in [-0.1, -0.05) is 129 Å². The zero-order chi connectivity index (χ0) is 36.4. The van der Waals surface area contributed by atoms with Crippen LogP contribution in [0.1, 0.15) is 25.0 Å². The minimum absolute atomic E-state index is 0.0859. The highest BCUT2D eigenvalue weighted by atomic mass is 15.0. The molecule has 1 aliphatic rings. The highest BCUT2D eigenvalue weighted by Gasteiger charge is 2.36. The van der Waals surface area contributed by atoms with Crippen molar-refractivity contribution in [2.45, 2.75) is 19.3 Å². The second kappa shape index (κ2) is 11.1. The molecule has 12 rings (SSSR count). The van der Waals surface area contributed by atoms with Gasteiger partial charge in [-0.2, -0.15) is 0 Å². The molecule has 258 valence electrons. The first-order chi connectivity index (χ1) is 27.0. The van der Waals surface area contributed by atoms with Crippen molar-refractivity contribution >= 4 is 65.2 Å². The second-order valence-corrected chi connectivity index (χ2v) is 15.8. The van der Waals surface area contributed by atoms with Gasteiger partial charge in [0.25, 0.3) is 0 Å². The Morgan fingerprint density at radius 1 is 0.327 bits per heavy atom. The van der Waals surface area contributed by atoms with E-state index >= 15 is 0 Å². The lowest BCUT2D eigenvalue weighted by molar-refractivity contribution is 0.661. The van der Waals surface area contributed by atoms with Crippen molar-refractivity contribution in [1.82, 2.24) is 9.13 Å². The van der Waals surface area contributed by atoms with Gasteiger partial charge in [-0.3, -0.25) is 0 Å². The highest BCUT2D eigenvalue weighted by molar-refractivity contribution is 6.14. The van der Waals surface area contributed by atoms with Gasteiger partial charge < -0.3 is 9.13 Å². The number of nitrogens with zero attached hydrogens (tertiary/aromatic N) is 2.